The van der Waals surface area contributed by atoms with Gasteiger partial charge in [-0.15, -0.1) is 0 Å². The lowest BCUT2D eigenvalue weighted by Gasteiger charge is -2.32. The van der Waals surface area contributed by atoms with E-state index in [1.54, 1.807) is 24.3 Å². The number of piperidine rings is 1. The zero-order chi connectivity index (χ0) is 25.5. The number of benzene rings is 4. The first kappa shape index (κ1) is 24.9. The summed E-state index contributed by atoms with van der Waals surface area (Å²) in [4.78, 5) is 12.2. The highest BCUT2D eigenvalue weighted by Gasteiger charge is 2.27. The van der Waals surface area contributed by atoms with Crippen molar-refractivity contribution in [1.82, 2.24) is 5.32 Å². The molecule has 1 aliphatic heterocycles. The van der Waals surface area contributed by atoms with Crippen LogP contribution < -0.4 is 10.1 Å². The van der Waals surface area contributed by atoms with Gasteiger partial charge in [0.05, 0.1) is 18.3 Å². The Kier molecular flexibility index (Phi) is 8.08. The van der Waals surface area contributed by atoms with Crippen molar-refractivity contribution in [1.29, 1.82) is 0 Å². The van der Waals surface area contributed by atoms with E-state index in [0.717, 1.165) is 47.2 Å². The SMILES string of the molecule is O=C(OCCOc1cc(COC2CNCCC2c2ccc(F)cc2)cc2ccccc12)c1ccccc1. The summed E-state index contributed by atoms with van der Waals surface area (Å²) in [6.07, 6.45) is 0.914. The second-order valence-electron chi connectivity index (χ2n) is 9.17. The first-order chi connectivity index (χ1) is 18.2. The Morgan fingerprint density at radius 2 is 1.70 bits per heavy atom. The van der Waals surface area contributed by atoms with Crippen LogP contribution in [0.5, 0.6) is 5.75 Å². The summed E-state index contributed by atoms with van der Waals surface area (Å²) in [5, 5.41) is 5.46. The van der Waals surface area contributed by atoms with Gasteiger partial charge in [-0.25, -0.2) is 9.18 Å². The fraction of sp³-hybridized carbons (Fsp3) is 0.258. The number of rotatable bonds is 9. The van der Waals surface area contributed by atoms with Gasteiger partial charge in [-0.2, -0.15) is 0 Å². The lowest BCUT2D eigenvalue weighted by atomic mass is 9.88. The summed E-state index contributed by atoms with van der Waals surface area (Å²) in [6, 6.07) is 27.8. The van der Waals surface area contributed by atoms with E-state index < -0.39 is 0 Å². The number of halogens is 1. The van der Waals surface area contributed by atoms with Crippen LogP contribution >= 0.6 is 0 Å². The number of fused-ring (bicyclic) bond motifs is 1. The number of hydrogen-bond donors (Lipinski definition) is 1. The molecule has 4 aromatic rings. The van der Waals surface area contributed by atoms with Gasteiger partial charge in [-0.3, -0.25) is 0 Å². The van der Waals surface area contributed by atoms with Crippen molar-refractivity contribution in [2.24, 2.45) is 0 Å². The van der Waals surface area contributed by atoms with Crippen molar-refractivity contribution >= 4 is 16.7 Å². The van der Waals surface area contributed by atoms with Crippen molar-refractivity contribution in [2.45, 2.75) is 25.0 Å². The molecule has 0 spiro atoms. The maximum Gasteiger partial charge on any atom is 0.338 e. The molecule has 4 aromatic carbocycles. The molecule has 1 saturated heterocycles. The minimum absolute atomic E-state index is 0.0209. The Balaban J connectivity index is 1.24. The van der Waals surface area contributed by atoms with Crippen molar-refractivity contribution in [3.63, 3.8) is 0 Å². The molecule has 190 valence electrons. The second-order valence-corrected chi connectivity index (χ2v) is 9.17. The zero-order valence-corrected chi connectivity index (χ0v) is 20.6. The molecular formula is C31H30FNO4. The third kappa shape index (κ3) is 6.34. The molecule has 0 aliphatic carbocycles. The predicted molar refractivity (Wildman–Crippen MR) is 141 cm³/mol. The van der Waals surface area contributed by atoms with Gasteiger partial charge in [0.25, 0.3) is 0 Å². The van der Waals surface area contributed by atoms with Gasteiger partial charge in [0.15, 0.2) is 0 Å². The lowest BCUT2D eigenvalue weighted by Crippen LogP contribution is -2.40. The largest absolute Gasteiger partial charge is 0.489 e. The summed E-state index contributed by atoms with van der Waals surface area (Å²) in [5.41, 5.74) is 2.61. The van der Waals surface area contributed by atoms with Gasteiger partial charge in [-0.1, -0.05) is 54.6 Å². The van der Waals surface area contributed by atoms with Gasteiger partial charge in [-0.05, 0) is 65.9 Å². The second kappa shape index (κ2) is 12.0. The summed E-state index contributed by atoms with van der Waals surface area (Å²) in [6.45, 7) is 2.46. The third-order valence-corrected chi connectivity index (χ3v) is 6.66. The van der Waals surface area contributed by atoms with Crippen LogP contribution in [0.25, 0.3) is 10.8 Å². The fourth-order valence-electron chi connectivity index (χ4n) is 4.78. The highest BCUT2D eigenvalue weighted by atomic mass is 19.1. The normalized spacial score (nSPS) is 17.4. The van der Waals surface area contributed by atoms with Gasteiger partial charge >= 0.3 is 5.97 Å². The quantitative estimate of drug-likeness (QED) is 0.230. The molecule has 1 heterocycles. The molecule has 0 amide bonds. The molecule has 0 saturated carbocycles. The van der Waals surface area contributed by atoms with Crippen molar-refractivity contribution in [3.8, 4) is 5.75 Å². The Hall–Kier alpha value is -3.74. The summed E-state index contributed by atoms with van der Waals surface area (Å²) in [5.74, 6) is 0.336. The molecule has 37 heavy (non-hydrogen) atoms. The van der Waals surface area contributed by atoms with Crippen LogP contribution in [0.1, 0.15) is 33.8 Å². The van der Waals surface area contributed by atoms with Crippen LogP contribution in [0.4, 0.5) is 4.39 Å². The molecule has 6 heteroatoms. The van der Waals surface area contributed by atoms with E-state index in [9.17, 15) is 9.18 Å². The van der Waals surface area contributed by atoms with E-state index >= 15 is 0 Å². The first-order valence-electron chi connectivity index (χ1n) is 12.6. The summed E-state index contributed by atoms with van der Waals surface area (Å²) in [7, 11) is 0. The minimum atomic E-state index is -0.368. The van der Waals surface area contributed by atoms with Crippen LogP contribution in [-0.2, 0) is 16.1 Å². The average Bonchev–Trinajstić information content (AvgIpc) is 2.95. The van der Waals surface area contributed by atoms with Gasteiger partial charge < -0.3 is 19.5 Å². The minimum Gasteiger partial charge on any atom is -0.489 e. The molecular weight excluding hydrogens is 469 g/mol. The smallest absolute Gasteiger partial charge is 0.338 e. The molecule has 0 radical (unpaired) electrons. The molecule has 0 bridgehead atoms. The number of esters is 1. The maximum atomic E-state index is 13.4. The number of ether oxygens (including phenoxy) is 3. The highest BCUT2D eigenvalue weighted by Crippen LogP contribution is 2.31. The molecule has 5 rings (SSSR count). The number of nitrogens with one attached hydrogen (secondary N) is 1. The fourth-order valence-corrected chi connectivity index (χ4v) is 4.78. The van der Waals surface area contributed by atoms with E-state index in [4.69, 9.17) is 14.2 Å². The van der Waals surface area contributed by atoms with Gasteiger partial charge in [0.2, 0.25) is 0 Å². The molecule has 1 aliphatic rings. The van der Waals surface area contributed by atoms with Crippen LogP contribution in [-0.4, -0.2) is 38.4 Å². The molecule has 5 nitrogen and oxygen atoms in total. The average molecular weight is 500 g/mol. The number of carbonyl (C=O) groups is 1. The van der Waals surface area contributed by atoms with Crippen LogP contribution in [0.3, 0.4) is 0 Å². The van der Waals surface area contributed by atoms with E-state index in [1.807, 2.05) is 48.5 Å². The Bertz CT molecular complexity index is 1330. The number of carbonyl (C=O) groups excluding carboxylic acids is 1. The van der Waals surface area contributed by atoms with Crippen LogP contribution in [0.15, 0.2) is 91.0 Å². The van der Waals surface area contributed by atoms with Crippen LogP contribution in [0, 0.1) is 5.82 Å². The third-order valence-electron chi connectivity index (χ3n) is 6.66. The van der Waals surface area contributed by atoms with E-state index in [2.05, 4.69) is 11.4 Å². The maximum absolute atomic E-state index is 13.4. The van der Waals surface area contributed by atoms with E-state index in [1.165, 1.54) is 12.1 Å². The molecule has 1 fully saturated rings. The molecule has 0 aromatic heterocycles. The first-order valence-corrected chi connectivity index (χ1v) is 12.6. The predicted octanol–water partition coefficient (Wildman–Crippen LogP) is 5.88. The lowest BCUT2D eigenvalue weighted by molar-refractivity contribution is 0.0105. The molecule has 1 N–H and O–H groups in total. The topological polar surface area (TPSA) is 56.8 Å². The van der Waals surface area contributed by atoms with Gasteiger partial charge in [0, 0.05) is 17.8 Å². The standard InChI is InChI=1S/C31H30FNO4/c32-26-12-10-23(11-13-26)28-14-15-33-20-30(28)37-21-22-18-25-8-4-5-9-27(25)29(19-22)35-16-17-36-31(34)24-6-2-1-3-7-24/h1-13,18-19,28,30,33H,14-17,20-21H2. The molecule has 2 unspecified atom stereocenters. The Morgan fingerprint density at radius 1 is 0.919 bits per heavy atom. The van der Waals surface area contributed by atoms with Crippen LogP contribution in [0.2, 0.25) is 0 Å². The zero-order valence-electron chi connectivity index (χ0n) is 20.6. The highest BCUT2D eigenvalue weighted by molar-refractivity contribution is 5.89. The monoisotopic (exact) mass is 499 g/mol. The van der Waals surface area contributed by atoms with E-state index in [0.29, 0.717) is 12.2 Å². The number of hydrogen-bond acceptors (Lipinski definition) is 5. The van der Waals surface area contributed by atoms with Crippen molar-refractivity contribution in [2.75, 3.05) is 26.3 Å². The van der Waals surface area contributed by atoms with Crippen molar-refractivity contribution < 1.29 is 23.4 Å². The van der Waals surface area contributed by atoms with Crippen molar-refractivity contribution in [3.05, 3.63) is 114 Å². The Morgan fingerprint density at radius 3 is 2.54 bits per heavy atom. The van der Waals surface area contributed by atoms with Gasteiger partial charge in [0.1, 0.15) is 24.8 Å². The Labute approximate surface area is 216 Å². The molecule has 2 atom stereocenters. The van der Waals surface area contributed by atoms with E-state index in [-0.39, 0.29) is 37.0 Å². The summed E-state index contributed by atoms with van der Waals surface area (Å²) < 4.78 is 31.2. The summed E-state index contributed by atoms with van der Waals surface area (Å²) >= 11 is 0.